The van der Waals surface area contributed by atoms with Crippen LogP contribution in [0.2, 0.25) is 0 Å². The Morgan fingerprint density at radius 1 is 0.963 bits per heavy atom. The molecule has 0 aliphatic carbocycles. The third-order valence-electron chi connectivity index (χ3n) is 3.40. The monoisotopic (exact) mass is 403 g/mol. The molecule has 2 aromatic carbocycles. The normalized spacial score (nSPS) is 12.6. The summed E-state index contributed by atoms with van der Waals surface area (Å²) in [6.45, 7) is 4.63. The predicted molar refractivity (Wildman–Crippen MR) is 95.8 cm³/mol. The highest BCUT2D eigenvalue weighted by atomic mass is 32.2. The molecule has 0 aliphatic heterocycles. The molecule has 0 heterocycles. The van der Waals surface area contributed by atoms with Crippen LogP contribution in [-0.2, 0) is 21.5 Å². The van der Waals surface area contributed by atoms with E-state index >= 15 is 0 Å². The summed E-state index contributed by atoms with van der Waals surface area (Å²) in [5.41, 5.74) is -4.31. The van der Waals surface area contributed by atoms with Crippen molar-refractivity contribution in [3.8, 4) is 5.75 Å². The average Bonchev–Trinajstić information content (AvgIpc) is 2.56. The highest BCUT2D eigenvalue weighted by molar-refractivity contribution is 7.88. The van der Waals surface area contributed by atoms with Crippen molar-refractivity contribution in [3.05, 3.63) is 60.2 Å². The van der Waals surface area contributed by atoms with Crippen molar-refractivity contribution in [2.24, 2.45) is 0 Å². The lowest BCUT2D eigenvalue weighted by Crippen LogP contribution is -2.36. The predicted octanol–water partition coefficient (Wildman–Crippen LogP) is 4.32. The first-order valence-electron chi connectivity index (χ1n) is 7.99. The molecule has 0 radical (unpaired) electrons. The molecule has 0 unspecified atom stereocenters. The van der Waals surface area contributed by atoms with Gasteiger partial charge in [0.25, 0.3) is 0 Å². The van der Waals surface area contributed by atoms with E-state index in [0.717, 1.165) is 17.7 Å². The van der Waals surface area contributed by atoms with Gasteiger partial charge in [-0.2, -0.15) is 21.6 Å². The molecule has 2 aromatic rings. The maximum absolute atomic E-state index is 12.3. The molecule has 2 rings (SSSR count). The van der Waals surface area contributed by atoms with E-state index in [9.17, 15) is 21.6 Å². The molecule has 0 spiro atoms. The molecule has 0 fully saturated rings. The van der Waals surface area contributed by atoms with Crippen molar-refractivity contribution >= 4 is 15.8 Å². The van der Waals surface area contributed by atoms with Crippen LogP contribution in [0.25, 0.3) is 0 Å². The summed E-state index contributed by atoms with van der Waals surface area (Å²) in [6.07, 6.45) is 0. The molecule has 148 valence electrons. The lowest BCUT2D eigenvalue weighted by Gasteiger charge is -2.27. The Morgan fingerprint density at radius 2 is 1.56 bits per heavy atom. The minimum atomic E-state index is -5.68. The molecule has 27 heavy (non-hydrogen) atoms. The van der Waals surface area contributed by atoms with E-state index in [1.165, 1.54) is 12.1 Å². The number of halogens is 3. The molecule has 0 aliphatic rings. The summed E-state index contributed by atoms with van der Waals surface area (Å²) in [5.74, 6) is -0.420. The first-order chi connectivity index (χ1) is 12.5. The van der Waals surface area contributed by atoms with Gasteiger partial charge >= 0.3 is 15.6 Å². The minimum Gasteiger partial charge on any atom is -0.378 e. The van der Waals surface area contributed by atoms with Gasteiger partial charge in [-0.15, -0.1) is 0 Å². The lowest BCUT2D eigenvalue weighted by atomic mass is 10.1. The molecule has 0 saturated carbocycles. The van der Waals surface area contributed by atoms with Crippen molar-refractivity contribution < 1.29 is 30.5 Å². The summed E-state index contributed by atoms with van der Waals surface area (Å²) in [5, 5.41) is 3.17. The van der Waals surface area contributed by atoms with Crippen LogP contribution in [0.15, 0.2) is 54.6 Å². The van der Waals surface area contributed by atoms with Gasteiger partial charge < -0.3 is 14.2 Å². The molecule has 0 bridgehead atoms. The highest BCUT2D eigenvalue weighted by Gasteiger charge is 2.48. The maximum Gasteiger partial charge on any atom is 0.534 e. The Kier molecular flexibility index (Phi) is 6.38. The number of benzene rings is 2. The summed E-state index contributed by atoms with van der Waals surface area (Å²) in [4.78, 5) is 0. The lowest BCUT2D eigenvalue weighted by molar-refractivity contribution is -0.0500. The van der Waals surface area contributed by atoms with Crippen molar-refractivity contribution in [1.29, 1.82) is 0 Å². The van der Waals surface area contributed by atoms with Gasteiger partial charge in [-0.05, 0) is 43.7 Å². The zero-order chi connectivity index (χ0) is 20.1. The van der Waals surface area contributed by atoms with Gasteiger partial charge in [-0.25, -0.2) is 0 Å². The number of rotatable bonds is 8. The first-order valence-corrected chi connectivity index (χ1v) is 9.40. The molecule has 5 nitrogen and oxygen atoms in total. The van der Waals surface area contributed by atoms with Crippen LogP contribution in [0, 0.1) is 0 Å². The van der Waals surface area contributed by atoms with Crippen LogP contribution in [0.4, 0.5) is 18.9 Å². The average molecular weight is 403 g/mol. The van der Waals surface area contributed by atoms with Gasteiger partial charge in [0, 0.05) is 5.69 Å². The van der Waals surface area contributed by atoms with Crippen LogP contribution in [0.5, 0.6) is 5.75 Å². The van der Waals surface area contributed by atoms with Crippen molar-refractivity contribution in [2.45, 2.75) is 31.5 Å². The van der Waals surface area contributed by atoms with Crippen molar-refractivity contribution in [3.63, 3.8) is 0 Å². The largest absolute Gasteiger partial charge is 0.534 e. The minimum absolute atomic E-state index is 0.378. The molecule has 0 saturated heterocycles. The molecule has 0 atom stereocenters. The quantitative estimate of drug-likeness (QED) is 0.525. The highest BCUT2D eigenvalue weighted by Crippen LogP contribution is 2.28. The van der Waals surface area contributed by atoms with E-state index in [0.29, 0.717) is 18.9 Å². The van der Waals surface area contributed by atoms with Gasteiger partial charge in [0.15, 0.2) is 0 Å². The fourth-order valence-electron chi connectivity index (χ4n) is 2.19. The number of anilines is 1. The van der Waals surface area contributed by atoms with E-state index in [-0.39, 0.29) is 0 Å². The number of ether oxygens (including phenoxy) is 1. The fourth-order valence-corrected chi connectivity index (χ4v) is 2.65. The Hall–Kier alpha value is -2.26. The van der Waals surface area contributed by atoms with Crippen molar-refractivity contribution in [1.82, 2.24) is 0 Å². The molecule has 0 aromatic heterocycles. The van der Waals surface area contributed by atoms with E-state index in [1.807, 2.05) is 44.2 Å². The van der Waals surface area contributed by atoms with E-state index in [2.05, 4.69) is 9.50 Å². The molecular formula is C18H20F3NO4S. The second-order valence-electron chi connectivity index (χ2n) is 6.49. The topological polar surface area (TPSA) is 64.6 Å². The zero-order valence-corrected chi connectivity index (χ0v) is 15.6. The smallest absolute Gasteiger partial charge is 0.378 e. The van der Waals surface area contributed by atoms with Crippen LogP contribution in [-0.4, -0.2) is 26.1 Å². The van der Waals surface area contributed by atoms with Gasteiger partial charge in [-0.1, -0.05) is 30.3 Å². The van der Waals surface area contributed by atoms with Gasteiger partial charge in [0.1, 0.15) is 5.75 Å². The summed E-state index contributed by atoms with van der Waals surface area (Å²) >= 11 is 0. The van der Waals surface area contributed by atoms with Crippen LogP contribution in [0.3, 0.4) is 0 Å². The first kappa shape index (κ1) is 21.0. The summed E-state index contributed by atoms with van der Waals surface area (Å²) in [7, 11) is -5.68. The number of hydrogen-bond acceptors (Lipinski definition) is 5. The molecular weight excluding hydrogens is 383 g/mol. The SMILES string of the molecule is CC(C)(COCc1ccccc1)Nc1ccc(OS(=O)(=O)C(F)(F)F)cc1. The maximum atomic E-state index is 12.3. The number of hydrogen-bond donors (Lipinski definition) is 1. The van der Waals surface area contributed by atoms with Gasteiger partial charge in [0.05, 0.1) is 18.8 Å². The Bertz CT molecular complexity index is 835. The van der Waals surface area contributed by atoms with Crippen LogP contribution >= 0.6 is 0 Å². The standard InChI is InChI=1S/C18H20F3NO4S/c1-17(2,13-25-12-14-6-4-3-5-7-14)22-15-8-10-16(11-9-15)26-27(23,24)18(19,20)21/h3-11,22H,12-13H2,1-2H3. The van der Waals surface area contributed by atoms with Gasteiger partial charge in [0.2, 0.25) is 0 Å². The van der Waals surface area contributed by atoms with E-state index < -0.39 is 26.9 Å². The van der Waals surface area contributed by atoms with Gasteiger partial charge in [-0.3, -0.25) is 0 Å². The second-order valence-corrected chi connectivity index (χ2v) is 8.03. The third kappa shape index (κ3) is 6.44. The van der Waals surface area contributed by atoms with Crippen LogP contribution in [0.1, 0.15) is 19.4 Å². The second kappa shape index (κ2) is 8.18. The Balaban J connectivity index is 1.90. The Labute approximate surface area is 156 Å². The summed E-state index contributed by atoms with van der Waals surface area (Å²) < 4.78 is 68.7. The van der Waals surface area contributed by atoms with Crippen molar-refractivity contribution in [2.75, 3.05) is 11.9 Å². The fraction of sp³-hybridized carbons (Fsp3) is 0.333. The van der Waals surface area contributed by atoms with Crippen LogP contribution < -0.4 is 9.50 Å². The zero-order valence-electron chi connectivity index (χ0n) is 14.8. The Morgan fingerprint density at radius 3 is 2.11 bits per heavy atom. The summed E-state index contributed by atoms with van der Waals surface area (Å²) in [6, 6.07) is 14.8. The molecule has 1 N–H and O–H groups in total. The number of alkyl halides is 3. The molecule has 0 amide bonds. The third-order valence-corrected chi connectivity index (χ3v) is 4.38. The number of nitrogens with one attached hydrogen (secondary N) is 1. The van der Waals surface area contributed by atoms with E-state index in [4.69, 9.17) is 4.74 Å². The molecule has 9 heteroatoms. The van der Waals surface area contributed by atoms with E-state index in [1.54, 1.807) is 0 Å².